The number of hydrogen-bond donors (Lipinski definition) is 1. The van der Waals surface area contributed by atoms with E-state index < -0.39 is 28.9 Å². The van der Waals surface area contributed by atoms with Gasteiger partial charge in [-0.25, -0.2) is 13.6 Å². The Morgan fingerprint density at radius 3 is 2.12 bits per heavy atom. The molecule has 0 aliphatic carbocycles. The number of benzene rings is 1. The number of carbonyl (C=O) groups is 2. The van der Waals surface area contributed by atoms with E-state index in [1.807, 2.05) is 13.8 Å². The number of aromatic hydroxyl groups is 1. The van der Waals surface area contributed by atoms with Gasteiger partial charge in [0.2, 0.25) is 0 Å². The quantitative estimate of drug-likeness (QED) is 0.913. The molecule has 3 amide bonds. The van der Waals surface area contributed by atoms with Crippen LogP contribution in [0.5, 0.6) is 5.75 Å². The molecule has 1 aliphatic rings. The number of rotatable bonds is 3. The highest BCUT2D eigenvalue weighted by Crippen LogP contribution is 2.24. The predicted molar refractivity (Wildman–Crippen MR) is 83.8 cm³/mol. The maximum atomic E-state index is 13.8. The van der Waals surface area contributed by atoms with Crippen LogP contribution in [0.3, 0.4) is 0 Å². The lowest BCUT2D eigenvalue weighted by atomic mass is 10.1. The second-order valence-electron chi connectivity index (χ2n) is 5.52. The Morgan fingerprint density at radius 2 is 1.62 bits per heavy atom. The summed E-state index contributed by atoms with van der Waals surface area (Å²) in [5.74, 6) is -3.48. The highest BCUT2D eigenvalue weighted by Gasteiger charge is 2.29. The van der Waals surface area contributed by atoms with Gasteiger partial charge in [-0.1, -0.05) is 0 Å². The molecule has 1 heterocycles. The van der Waals surface area contributed by atoms with Crippen molar-refractivity contribution in [1.29, 1.82) is 0 Å². The second kappa shape index (κ2) is 7.46. The van der Waals surface area contributed by atoms with Crippen molar-refractivity contribution in [3.63, 3.8) is 0 Å². The van der Waals surface area contributed by atoms with Crippen molar-refractivity contribution in [3.8, 4) is 5.75 Å². The summed E-state index contributed by atoms with van der Waals surface area (Å²) in [5.41, 5.74) is -0.542. The van der Waals surface area contributed by atoms with E-state index in [0.717, 1.165) is 0 Å². The fourth-order valence-electron chi connectivity index (χ4n) is 2.72. The van der Waals surface area contributed by atoms with E-state index in [-0.39, 0.29) is 19.1 Å². The summed E-state index contributed by atoms with van der Waals surface area (Å²) >= 11 is 0. The molecule has 2 rings (SSSR count). The number of amides is 3. The van der Waals surface area contributed by atoms with E-state index in [4.69, 9.17) is 0 Å². The van der Waals surface area contributed by atoms with Crippen LogP contribution in [0.25, 0.3) is 0 Å². The number of hydrogen-bond acceptors (Lipinski definition) is 3. The first-order valence-electron chi connectivity index (χ1n) is 7.90. The molecule has 132 valence electrons. The van der Waals surface area contributed by atoms with Crippen LogP contribution < -0.4 is 0 Å². The number of phenolic OH excluding ortho intramolecular Hbond substituents is 1. The Balaban J connectivity index is 2.05. The summed E-state index contributed by atoms with van der Waals surface area (Å²) in [5, 5.41) is 9.65. The molecule has 24 heavy (non-hydrogen) atoms. The summed E-state index contributed by atoms with van der Waals surface area (Å²) in [6.45, 7) is 6.08. The molecule has 6 nitrogen and oxygen atoms in total. The molecule has 0 spiro atoms. The van der Waals surface area contributed by atoms with Gasteiger partial charge in [0.25, 0.3) is 5.91 Å². The lowest BCUT2D eigenvalue weighted by Crippen LogP contribution is -2.54. The smallest absolute Gasteiger partial charge is 0.320 e. The first-order chi connectivity index (χ1) is 11.4. The van der Waals surface area contributed by atoms with Crippen LogP contribution in [0.15, 0.2) is 12.1 Å². The Morgan fingerprint density at radius 1 is 1.08 bits per heavy atom. The summed E-state index contributed by atoms with van der Waals surface area (Å²) < 4.78 is 26.8. The molecule has 0 atom stereocenters. The monoisotopic (exact) mass is 341 g/mol. The van der Waals surface area contributed by atoms with Gasteiger partial charge in [-0.3, -0.25) is 4.79 Å². The molecule has 1 N–H and O–H groups in total. The maximum absolute atomic E-state index is 13.8. The maximum Gasteiger partial charge on any atom is 0.320 e. The van der Waals surface area contributed by atoms with Crippen LogP contribution in [0, 0.1) is 11.6 Å². The van der Waals surface area contributed by atoms with E-state index >= 15 is 0 Å². The summed E-state index contributed by atoms with van der Waals surface area (Å²) in [7, 11) is 0. The van der Waals surface area contributed by atoms with Gasteiger partial charge < -0.3 is 19.8 Å². The molecule has 0 radical (unpaired) electrons. The average Bonchev–Trinajstić information content (AvgIpc) is 2.55. The van der Waals surface area contributed by atoms with Crippen molar-refractivity contribution in [2.24, 2.45) is 0 Å². The van der Waals surface area contributed by atoms with Crippen molar-refractivity contribution >= 4 is 11.9 Å². The lowest BCUT2D eigenvalue weighted by Gasteiger charge is -2.37. The minimum absolute atomic E-state index is 0.0945. The van der Waals surface area contributed by atoms with Crippen LogP contribution in [0.1, 0.15) is 24.2 Å². The Bertz CT molecular complexity index is 604. The molecule has 0 bridgehead atoms. The summed E-state index contributed by atoms with van der Waals surface area (Å²) in [4.78, 5) is 29.3. The molecule has 0 saturated carbocycles. The van der Waals surface area contributed by atoms with E-state index in [9.17, 15) is 23.5 Å². The second-order valence-corrected chi connectivity index (χ2v) is 5.52. The molecular weight excluding hydrogens is 320 g/mol. The predicted octanol–water partition coefficient (Wildman–Crippen LogP) is 1.89. The first kappa shape index (κ1) is 18.0. The summed E-state index contributed by atoms with van der Waals surface area (Å²) in [6.07, 6.45) is 0. The van der Waals surface area contributed by atoms with E-state index in [1.54, 1.807) is 9.80 Å². The SMILES string of the molecule is CCN(CC)C(=O)N1CCN(C(=O)c2c(O)cc(F)cc2F)CC1. The van der Waals surface area contributed by atoms with Gasteiger partial charge in [0.1, 0.15) is 22.9 Å². The number of carbonyl (C=O) groups excluding carboxylic acids is 2. The largest absolute Gasteiger partial charge is 0.507 e. The number of nitrogens with zero attached hydrogens (tertiary/aromatic N) is 3. The van der Waals surface area contributed by atoms with E-state index in [2.05, 4.69) is 0 Å². The topological polar surface area (TPSA) is 64.1 Å². The average molecular weight is 341 g/mol. The van der Waals surface area contributed by atoms with Gasteiger partial charge >= 0.3 is 6.03 Å². The zero-order valence-electron chi connectivity index (χ0n) is 13.8. The number of halogens is 2. The zero-order chi connectivity index (χ0) is 17.9. The third-order valence-corrected chi connectivity index (χ3v) is 4.12. The Kier molecular flexibility index (Phi) is 5.58. The minimum Gasteiger partial charge on any atom is -0.507 e. The van der Waals surface area contributed by atoms with Gasteiger partial charge in [0.15, 0.2) is 0 Å². The Hall–Kier alpha value is -2.38. The standard InChI is InChI=1S/C16H21F2N3O3/c1-3-19(4-2)16(24)21-7-5-20(6-8-21)15(23)14-12(18)9-11(17)10-13(14)22/h9-10,22H,3-8H2,1-2H3. The highest BCUT2D eigenvalue weighted by atomic mass is 19.1. The van der Waals surface area contributed by atoms with Gasteiger partial charge in [0, 0.05) is 51.4 Å². The fourth-order valence-corrected chi connectivity index (χ4v) is 2.72. The van der Waals surface area contributed by atoms with Crippen LogP contribution in [-0.4, -0.2) is 71.0 Å². The van der Waals surface area contributed by atoms with Crippen LogP contribution >= 0.6 is 0 Å². The number of piperazine rings is 1. The van der Waals surface area contributed by atoms with Gasteiger partial charge in [-0.15, -0.1) is 0 Å². The van der Waals surface area contributed by atoms with Crippen LogP contribution in [0.4, 0.5) is 13.6 Å². The fraction of sp³-hybridized carbons (Fsp3) is 0.500. The molecule has 1 aromatic rings. The van der Waals surface area contributed by atoms with E-state index in [0.29, 0.717) is 38.3 Å². The molecule has 1 aromatic carbocycles. The van der Waals surface area contributed by atoms with E-state index in [1.165, 1.54) is 4.90 Å². The minimum atomic E-state index is -1.10. The van der Waals surface area contributed by atoms with Gasteiger partial charge in [0.05, 0.1) is 0 Å². The molecule has 8 heteroatoms. The summed E-state index contributed by atoms with van der Waals surface area (Å²) in [6, 6.07) is 1.17. The number of urea groups is 1. The van der Waals surface area contributed by atoms with Crippen molar-refractivity contribution in [3.05, 3.63) is 29.3 Å². The molecule has 1 fully saturated rings. The Labute approximate surface area is 139 Å². The zero-order valence-corrected chi connectivity index (χ0v) is 13.8. The molecule has 0 unspecified atom stereocenters. The third kappa shape index (κ3) is 3.58. The van der Waals surface area contributed by atoms with Gasteiger partial charge in [-0.05, 0) is 13.8 Å². The number of phenols is 1. The third-order valence-electron chi connectivity index (χ3n) is 4.12. The molecule has 1 saturated heterocycles. The van der Waals surface area contributed by atoms with Crippen molar-refractivity contribution < 1.29 is 23.5 Å². The molecular formula is C16H21F2N3O3. The first-order valence-corrected chi connectivity index (χ1v) is 7.90. The van der Waals surface area contributed by atoms with Gasteiger partial charge in [-0.2, -0.15) is 0 Å². The van der Waals surface area contributed by atoms with Crippen LogP contribution in [-0.2, 0) is 0 Å². The van der Waals surface area contributed by atoms with Crippen molar-refractivity contribution in [2.75, 3.05) is 39.3 Å². The normalized spacial score (nSPS) is 14.7. The van der Waals surface area contributed by atoms with Crippen molar-refractivity contribution in [1.82, 2.24) is 14.7 Å². The highest BCUT2D eigenvalue weighted by molar-refractivity contribution is 5.97. The lowest BCUT2D eigenvalue weighted by molar-refractivity contribution is 0.0634. The van der Waals surface area contributed by atoms with Crippen molar-refractivity contribution in [2.45, 2.75) is 13.8 Å². The van der Waals surface area contributed by atoms with Crippen LogP contribution in [0.2, 0.25) is 0 Å². The molecule has 0 aromatic heterocycles. The molecule has 1 aliphatic heterocycles.